The summed E-state index contributed by atoms with van der Waals surface area (Å²) in [5.41, 5.74) is 2.23. The zero-order valence-electron chi connectivity index (χ0n) is 12.3. The Morgan fingerprint density at radius 3 is 2.62 bits per heavy atom. The summed E-state index contributed by atoms with van der Waals surface area (Å²) in [6, 6.07) is 8.06. The molecule has 1 aliphatic carbocycles. The van der Waals surface area contributed by atoms with Crippen molar-refractivity contribution in [2.75, 3.05) is 11.4 Å². The van der Waals surface area contributed by atoms with Gasteiger partial charge in [-0.15, -0.1) is 0 Å². The molecule has 4 heteroatoms. The second-order valence-electron chi connectivity index (χ2n) is 6.43. The van der Waals surface area contributed by atoms with Crippen LogP contribution in [-0.2, 0) is 16.0 Å². The van der Waals surface area contributed by atoms with Crippen molar-refractivity contribution in [3.8, 4) is 0 Å². The summed E-state index contributed by atoms with van der Waals surface area (Å²) in [5, 5.41) is 9.10. The fourth-order valence-corrected chi connectivity index (χ4v) is 3.66. The molecule has 0 radical (unpaired) electrons. The number of para-hydroxylation sites is 1. The third-order valence-corrected chi connectivity index (χ3v) is 4.74. The number of benzene rings is 1. The highest BCUT2D eigenvalue weighted by atomic mass is 16.4. The molecule has 3 rings (SSSR count). The lowest BCUT2D eigenvalue weighted by atomic mass is 9.92. The maximum Gasteiger partial charge on any atom is 0.306 e. The van der Waals surface area contributed by atoms with Crippen LogP contribution in [0.1, 0.15) is 31.7 Å². The smallest absolute Gasteiger partial charge is 0.306 e. The molecule has 1 heterocycles. The van der Waals surface area contributed by atoms with E-state index < -0.39 is 5.97 Å². The topological polar surface area (TPSA) is 57.6 Å². The number of hydrogen-bond donors (Lipinski definition) is 1. The first-order valence-electron chi connectivity index (χ1n) is 7.68. The first-order chi connectivity index (χ1) is 10.1. The maximum atomic E-state index is 12.8. The summed E-state index contributed by atoms with van der Waals surface area (Å²) >= 11 is 0. The van der Waals surface area contributed by atoms with E-state index in [0.29, 0.717) is 25.2 Å². The Labute approximate surface area is 124 Å². The molecular formula is C17H21NO3. The molecule has 1 aromatic rings. The van der Waals surface area contributed by atoms with Crippen molar-refractivity contribution in [3.05, 3.63) is 29.8 Å². The van der Waals surface area contributed by atoms with Gasteiger partial charge < -0.3 is 10.0 Å². The molecule has 1 saturated carbocycles. The molecule has 1 amide bonds. The molecule has 0 saturated heterocycles. The third kappa shape index (κ3) is 2.67. The van der Waals surface area contributed by atoms with E-state index in [1.165, 1.54) is 5.56 Å². The molecule has 112 valence electrons. The predicted octanol–water partition coefficient (Wildman–Crippen LogP) is 2.71. The average molecular weight is 287 g/mol. The van der Waals surface area contributed by atoms with Crippen LogP contribution in [0.4, 0.5) is 5.69 Å². The summed E-state index contributed by atoms with van der Waals surface area (Å²) in [5.74, 6) is -0.697. The van der Waals surface area contributed by atoms with Gasteiger partial charge >= 0.3 is 5.97 Å². The standard InChI is InChI=1S/C17H21NO3/c1-11-8-12-4-2-3-5-15(12)18(10-11)16(19)13-6-7-14(9-13)17(20)21/h2-5,11,13-14H,6-10H2,1H3,(H,20,21)/t11?,13-,14+/m1/s1. The minimum absolute atomic E-state index is 0.109. The van der Waals surface area contributed by atoms with Crippen LogP contribution in [-0.4, -0.2) is 23.5 Å². The number of carbonyl (C=O) groups is 2. The molecule has 4 nitrogen and oxygen atoms in total. The van der Waals surface area contributed by atoms with Gasteiger partial charge in [0.2, 0.25) is 5.91 Å². The minimum atomic E-state index is -0.766. The number of carboxylic acid groups (broad SMARTS) is 1. The van der Waals surface area contributed by atoms with Gasteiger partial charge in [0, 0.05) is 18.2 Å². The van der Waals surface area contributed by atoms with E-state index in [0.717, 1.165) is 18.7 Å². The Hall–Kier alpha value is -1.84. The number of rotatable bonds is 2. The molecular weight excluding hydrogens is 266 g/mol. The van der Waals surface area contributed by atoms with Gasteiger partial charge in [0.05, 0.1) is 5.92 Å². The van der Waals surface area contributed by atoms with Crippen molar-refractivity contribution in [3.63, 3.8) is 0 Å². The number of anilines is 1. The van der Waals surface area contributed by atoms with Crippen molar-refractivity contribution in [2.45, 2.75) is 32.6 Å². The van der Waals surface area contributed by atoms with Gasteiger partial charge in [-0.3, -0.25) is 9.59 Å². The molecule has 21 heavy (non-hydrogen) atoms. The molecule has 1 unspecified atom stereocenters. The summed E-state index contributed by atoms with van der Waals surface area (Å²) in [7, 11) is 0. The van der Waals surface area contributed by atoms with Gasteiger partial charge in [0.15, 0.2) is 0 Å². The zero-order valence-corrected chi connectivity index (χ0v) is 12.3. The molecule has 3 atom stereocenters. The highest BCUT2D eigenvalue weighted by Crippen LogP contribution is 2.36. The summed E-state index contributed by atoms with van der Waals surface area (Å²) in [4.78, 5) is 25.8. The number of nitrogens with zero attached hydrogens (tertiary/aromatic N) is 1. The van der Waals surface area contributed by atoms with Crippen molar-refractivity contribution in [1.29, 1.82) is 0 Å². The lowest BCUT2D eigenvalue weighted by molar-refractivity contribution is -0.141. The van der Waals surface area contributed by atoms with E-state index in [4.69, 9.17) is 5.11 Å². The Morgan fingerprint density at radius 1 is 1.19 bits per heavy atom. The monoisotopic (exact) mass is 287 g/mol. The zero-order chi connectivity index (χ0) is 15.0. The van der Waals surface area contributed by atoms with Crippen LogP contribution in [0.5, 0.6) is 0 Å². The SMILES string of the molecule is CC1Cc2ccccc2N(C(=O)[C@@H]2CC[C@H](C(=O)O)C2)C1. The van der Waals surface area contributed by atoms with Crippen molar-refractivity contribution in [1.82, 2.24) is 0 Å². The number of aliphatic carboxylic acids is 1. The average Bonchev–Trinajstić information content (AvgIpc) is 2.95. The van der Waals surface area contributed by atoms with Crippen LogP contribution < -0.4 is 4.90 Å². The molecule has 1 aliphatic heterocycles. The second-order valence-corrected chi connectivity index (χ2v) is 6.43. The van der Waals surface area contributed by atoms with Crippen LogP contribution in [0, 0.1) is 17.8 Å². The first-order valence-corrected chi connectivity index (χ1v) is 7.68. The van der Waals surface area contributed by atoms with E-state index >= 15 is 0 Å². The third-order valence-electron chi connectivity index (χ3n) is 4.74. The normalized spacial score (nSPS) is 28.2. The Kier molecular flexibility index (Phi) is 3.70. The fourth-order valence-electron chi connectivity index (χ4n) is 3.66. The van der Waals surface area contributed by atoms with E-state index in [9.17, 15) is 9.59 Å². The van der Waals surface area contributed by atoms with Crippen molar-refractivity contribution in [2.24, 2.45) is 17.8 Å². The maximum absolute atomic E-state index is 12.8. The molecule has 1 N–H and O–H groups in total. The Bertz CT molecular complexity index is 569. The Balaban J connectivity index is 1.81. The molecule has 1 fully saturated rings. The van der Waals surface area contributed by atoms with Gasteiger partial charge in [0.25, 0.3) is 0 Å². The number of fused-ring (bicyclic) bond motifs is 1. The van der Waals surface area contributed by atoms with Gasteiger partial charge in [-0.05, 0) is 43.2 Å². The molecule has 0 spiro atoms. The molecule has 1 aromatic carbocycles. The van der Waals surface area contributed by atoms with Gasteiger partial charge in [-0.2, -0.15) is 0 Å². The minimum Gasteiger partial charge on any atom is -0.481 e. The van der Waals surface area contributed by atoms with E-state index in [2.05, 4.69) is 13.0 Å². The quantitative estimate of drug-likeness (QED) is 0.910. The molecule has 0 aromatic heterocycles. The highest BCUT2D eigenvalue weighted by molar-refractivity contribution is 5.96. The predicted molar refractivity (Wildman–Crippen MR) is 80.1 cm³/mol. The van der Waals surface area contributed by atoms with Gasteiger partial charge in [0.1, 0.15) is 0 Å². The summed E-state index contributed by atoms with van der Waals surface area (Å²) in [6.45, 7) is 2.90. The van der Waals surface area contributed by atoms with Gasteiger partial charge in [-0.25, -0.2) is 0 Å². The highest BCUT2D eigenvalue weighted by Gasteiger charge is 2.37. The van der Waals surface area contributed by atoms with Crippen molar-refractivity contribution < 1.29 is 14.7 Å². The fraction of sp³-hybridized carbons (Fsp3) is 0.529. The second kappa shape index (κ2) is 5.51. The number of amides is 1. The lowest BCUT2D eigenvalue weighted by Gasteiger charge is -2.34. The number of carbonyl (C=O) groups excluding carboxylic acids is 1. The largest absolute Gasteiger partial charge is 0.481 e. The van der Waals surface area contributed by atoms with Crippen LogP contribution in [0.25, 0.3) is 0 Å². The lowest BCUT2D eigenvalue weighted by Crippen LogP contribution is -2.42. The number of carboxylic acids is 1. The van der Waals surface area contributed by atoms with Crippen molar-refractivity contribution >= 4 is 17.6 Å². The van der Waals surface area contributed by atoms with Crippen LogP contribution in [0.15, 0.2) is 24.3 Å². The molecule has 0 bridgehead atoms. The van der Waals surface area contributed by atoms with Crippen LogP contribution in [0.3, 0.4) is 0 Å². The van der Waals surface area contributed by atoms with E-state index in [1.54, 1.807) is 0 Å². The van der Waals surface area contributed by atoms with Crippen LogP contribution in [0.2, 0.25) is 0 Å². The summed E-state index contributed by atoms with van der Waals surface area (Å²) < 4.78 is 0. The first kappa shape index (κ1) is 14.1. The molecule has 2 aliphatic rings. The summed E-state index contributed by atoms with van der Waals surface area (Å²) in [6.07, 6.45) is 2.81. The van der Waals surface area contributed by atoms with E-state index in [1.807, 2.05) is 23.1 Å². The number of hydrogen-bond acceptors (Lipinski definition) is 2. The Morgan fingerprint density at radius 2 is 1.90 bits per heavy atom. The van der Waals surface area contributed by atoms with Crippen LogP contribution >= 0.6 is 0 Å². The van der Waals surface area contributed by atoms with Gasteiger partial charge in [-0.1, -0.05) is 25.1 Å². The van der Waals surface area contributed by atoms with E-state index in [-0.39, 0.29) is 17.7 Å².